The van der Waals surface area contributed by atoms with Crippen LogP contribution in [0.15, 0.2) is 48.2 Å². The fourth-order valence-corrected chi connectivity index (χ4v) is 2.60. The average molecular weight is 398 g/mol. The second kappa shape index (κ2) is 8.79. The Morgan fingerprint density at radius 2 is 1.90 bits per heavy atom. The van der Waals surface area contributed by atoms with Crippen molar-refractivity contribution in [2.24, 2.45) is 0 Å². The van der Waals surface area contributed by atoms with Gasteiger partial charge >= 0.3 is 5.97 Å². The number of carbonyl (C=O) groups is 3. The third-order valence-corrected chi connectivity index (χ3v) is 3.95. The number of fused-ring (bicyclic) bond motifs is 1. The van der Waals surface area contributed by atoms with Crippen molar-refractivity contribution in [2.45, 2.75) is 0 Å². The van der Waals surface area contributed by atoms with Crippen LogP contribution in [-0.2, 0) is 9.59 Å². The van der Waals surface area contributed by atoms with E-state index in [1.54, 1.807) is 42.5 Å². The van der Waals surface area contributed by atoms with Gasteiger partial charge in [-0.05, 0) is 35.9 Å². The molecular formula is C20H18N2O7. The number of amides is 2. The first-order chi connectivity index (χ1) is 14.0. The van der Waals surface area contributed by atoms with E-state index in [0.717, 1.165) is 0 Å². The Balaban J connectivity index is 1.89. The van der Waals surface area contributed by atoms with E-state index in [-0.39, 0.29) is 18.1 Å². The molecule has 0 bridgehead atoms. The van der Waals surface area contributed by atoms with Crippen molar-refractivity contribution in [3.8, 4) is 17.2 Å². The lowest BCUT2D eigenvalue weighted by atomic mass is 10.1. The van der Waals surface area contributed by atoms with E-state index in [1.807, 2.05) is 0 Å². The topological polar surface area (TPSA) is 123 Å². The number of carboxylic acid groups (broad SMARTS) is 1. The summed E-state index contributed by atoms with van der Waals surface area (Å²) in [5, 5.41) is 13.5. The van der Waals surface area contributed by atoms with Crippen LogP contribution in [0.25, 0.3) is 6.08 Å². The van der Waals surface area contributed by atoms with Crippen molar-refractivity contribution in [3.05, 3.63) is 59.3 Å². The lowest BCUT2D eigenvalue weighted by molar-refractivity contribution is -0.137. The van der Waals surface area contributed by atoms with E-state index >= 15 is 0 Å². The van der Waals surface area contributed by atoms with Crippen LogP contribution in [0.3, 0.4) is 0 Å². The van der Waals surface area contributed by atoms with Crippen LogP contribution < -0.4 is 24.8 Å². The summed E-state index contributed by atoms with van der Waals surface area (Å²) in [6.45, 7) is -0.499. The van der Waals surface area contributed by atoms with E-state index < -0.39 is 24.3 Å². The fourth-order valence-electron chi connectivity index (χ4n) is 2.60. The molecule has 1 aliphatic heterocycles. The second-order valence-electron chi connectivity index (χ2n) is 5.90. The molecular weight excluding hydrogens is 380 g/mol. The van der Waals surface area contributed by atoms with Crippen LogP contribution in [0.4, 0.5) is 0 Å². The second-order valence-corrected chi connectivity index (χ2v) is 5.90. The first-order valence-corrected chi connectivity index (χ1v) is 8.53. The molecule has 150 valence electrons. The number of carbonyl (C=O) groups excluding carboxylic acids is 2. The van der Waals surface area contributed by atoms with E-state index in [1.165, 1.54) is 13.2 Å². The summed E-state index contributed by atoms with van der Waals surface area (Å²) in [6, 6.07) is 11.5. The van der Waals surface area contributed by atoms with Crippen molar-refractivity contribution in [1.82, 2.24) is 10.6 Å². The summed E-state index contributed by atoms with van der Waals surface area (Å²) in [5.41, 5.74) is 0.633. The van der Waals surface area contributed by atoms with Gasteiger partial charge in [0.2, 0.25) is 6.79 Å². The van der Waals surface area contributed by atoms with Crippen LogP contribution in [0, 0.1) is 0 Å². The van der Waals surface area contributed by atoms with Gasteiger partial charge in [0.1, 0.15) is 18.0 Å². The van der Waals surface area contributed by atoms with Gasteiger partial charge < -0.3 is 30.0 Å². The molecule has 0 saturated carbocycles. The maximum absolute atomic E-state index is 12.7. The standard InChI is InChI=1S/C20H18N2O7/c1-27-15-5-3-2-4-13(15)19(25)22-14(20(26)21-10-18(23)24)8-12-6-7-16-17(9-12)29-11-28-16/h2-9H,10-11H2,1H3,(H,21,26)(H,22,25)(H,23,24)/b14-8+. The molecule has 2 aromatic carbocycles. The van der Waals surface area contributed by atoms with Crippen molar-refractivity contribution >= 4 is 23.9 Å². The first-order valence-electron chi connectivity index (χ1n) is 8.53. The van der Waals surface area contributed by atoms with Gasteiger partial charge in [0, 0.05) is 0 Å². The minimum atomic E-state index is -1.21. The minimum Gasteiger partial charge on any atom is -0.496 e. The molecule has 3 N–H and O–H groups in total. The Morgan fingerprint density at radius 3 is 2.66 bits per heavy atom. The lowest BCUT2D eigenvalue weighted by Gasteiger charge is -2.12. The summed E-state index contributed by atoms with van der Waals surface area (Å²) >= 11 is 0. The van der Waals surface area contributed by atoms with Crippen LogP contribution in [-0.4, -0.2) is 43.3 Å². The number of hydrogen-bond donors (Lipinski definition) is 3. The summed E-state index contributed by atoms with van der Waals surface area (Å²) in [6.07, 6.45) is 1.41. The number of aliphatic carboxylic acids is 1. The predicted octanol–water partition coefficient (Wildman–Crippen LogP) is 1.40. The van der Waals surface area contributed by atoms with Gasteiger partial charge in [-0.15, -0.1) is 0 Å². The third kappa shape index (κ3) is 4.83. The molecule has 2 aromatic rings. The predicted molar refractivity (Wildman–Crippen MR) is 102 cm³/mol. The number of benzene rings is 2. The number of methoxy groups -OCH3 is 1. The quantitative estimate of drug-likeness (QED) is 0.602. The molecule has 0 spiro atoms. The largest absolute Gasteiger partial charge is 0.496 e. The van der Waals surface area contributed by atoms with Crippen LogP contribution in [0.2, 0.25) is 0 Å². The Labute approximate surface area is 165 Å². The zero-order valence-corrected chi connectivity index (χ0v) is 15.4. The van der Waals surface area contributed by atoms with Gasteiger partial charge in [-0.2, -0.15) is 0 Å². The van der Waals surface area contributed by atoms with Crippen molar-refractivity contribution in [2.75, 3.05) is 20.4 Å². The summed E-state index contributed by atoms with van der Waals surface area (Å²) in [5.74, 6) is -1.15. The molecule has 0 fully saturated rings. The zero-order valence-electron chi connectivity index (χ0n) is 15.4. The zero-order chi connectivity index (χ0) is 20.8. The number of hydrogen-bond acceptors (Lipinski definition) is 6. The molecule has 2 amide bonds. The number of carboxylic acids is 1. The van der Waals surface area contributed by atoms with Gasteiger partial charge in [0.25, 0.3) is 11.8 Å². The molecule has 0 radical (unpaired) electrons. The van der Waals surface area contributed by atoms with Crippen molar-refractivity contribution in [1.29, 1.82) is 0 Å². The molecule has 0 atom stereocenters. The maximum atomic E-state index is 12.7. The van der Waals surface area contributed by atoms with Gasteiger partial charge in [-0.25, -0.2) is 0 Å². The Hall–Kier alpha value is -4.01. The highest BCUT2D eigenvalue weighted by Gasteiger charge is 2.19. The summed E-state index contributed by atoms with van der Waals surface area (Å²) < 4.78 is 15.7. The number of para-hydroxylation sites is 1. The van der Waals surface area contributed by atoms with Crippen LogP contribution in [0.5, 0.6) is 17.2 Å². The summed E-state index contributed by atoms with van der Waals surface area (Å²) in [7, 11) is 1.43. The van der Waals surface area contributed by atoms with Gasteiger partial charge in [0.05, 0.1) is 12.7 Å². The highest BCUT2D eigenvalue weighted by atomic mass is 16.7. The fraction of sp³-hybridized carbons (Fsp3) is 0.150. The Bertz CT molecular complexity index is 985. The van der Waals surface area contributed by atoms with E-state index in [4.69, 9.17) is 19.3 Å². The molecule has 0 unspecified atom stereocenters. The van der Waals surface area contributed by atoms with Gasteiger partial charge in [-0.3, -0.25) is 14.4 Å². The normalized spacial score (nSPS) is 12.2. The molecule has 9 heteroatoms. The molecule has 29 heavy (non-hydrogen) atoms. The van der Waals surface area contributed by atoms with E-state index in [9.17, 15) is 14.4 Å². The first kappa shape index (κ1) is 19.7. The van der Waals surface area contributed by atoms with E-state index in [0.29, 0.717) is 22.8 Å². The summed E-state index contributed by atoms with van der Waals surface area (Å²) in [4.78, 5) is 35.9. The number of rotatable bonds is 7. The van der Waals surface area contributed by atoms with Crippen LogP contribution in [0.1, 0.15) is 15.9 Å². The van der Waals surface area contributed by atoms with Crippen molar-refractivity contribution < 1.29 is 33.7 Å². The molecule has 1 heterocycles. The van der Waals surface area contributed by atoms with Crippen LogP contribution >= 0.6 is 0 Å². The smallest absolute Gasteiger partial charge is 0.322 e. The van der Waals surface area contributed by atoms with Gasteiger partial charge in [-0.1, -0.05) is 18.2 Å². The Morgan fingerprint density at radius 1 is 1.14 bits per heavy atom. The number of nitrogens with one attached hydrogen (secondary N) is 2. The Kier molecular flexibility index (Phi) is 5.98. The van der Waals surface area contributed by atoms with E-state index in [2.05, 4.69) is 10.6 Å². The number of ether oxygens (including phenoxy) is 3. The minimum absolute atomic E-state index is 0.0962. The van der Waals surface area contributed by atoms with Gasteiger partial charge in [0.15, 0.2) is 11.5 Å². The third-order valence-electron chi connectivity index (χ3n) is 3.95. The molecule has 9 nitrogen and oxygen atoms in total. The highest BCUT2D eigenvalue weighted by Crippen LogP contribution is 2.33. The monoisotopic (exact) mass is 398 g/mol. The maximum Gasteiger partial charge on any atom is 0.322 e. The molecule has 0 aromatic heterocycles. The van der Waals surface area contributed by atoms with Crippen molar-refractivity contribution in [3.63, 3.8) is 0 Å². The average Bonchev–Trinajstić information content (AvgIpc) is 3.19. The molecule has 3 rings (SSSR count). The lowest BCUT2D eigenvalue weighted by Crippen LogP contribution is -2.37. The molecule has 0 saturated heterocycles. The molecule has 0 aliphatic carbocycles. The highest BCUT2D eigenvalue weighted by molar-refractivity contribution is 6.06. The molecule has 1 aliphatic rings. The SMILES string of the molecule is COc1ccccc1C(=O)N/C(=C/c1ccc2c(c1)OCO2)C(=O)NCC(=O)O.